The lowest BCUT2D eigenvalue weighted by Gasteiger charge is -2.36. The highest BCUT2D eigenvalue weighted by Crippen LogP contribution is 2.46. The molecule has 0 saturated carbocycles. The lowest BCUT2D eigenvalue weighted by atomic mass is 9.90. The first-order chi connectivity index (χ1) is 9.97. The maximum Gasteiger partial charge on any atom is 0.238 e. The van der Waals surface area contributed by atoms with Gasteiger partial charge in [0.05, 0.1) is 23.6 Å². The molecule has 0 spiro atoms. The minimum Gasteiger partial charge on any atom is -0.303 e. The molecule has 0 radical (unpaired) electrons. The van der Waals surface area contributed by atoms with Gasteiger partial charge in [0.2, 0.25) is 5.91 Å². The van der Waals surface area contributed by atoms with Crippen LogP contribution < -0.4 is 0 Å². The Hall–Kier alpha value is -2.19. The van der Waals surface area contributed by atoms with E-state index in [2.05, 4.69) is 6.07 Å². The molecule has 2 fully saturated rings. The number of benzene rings is 1. The van der Waals surface area contributed by atoms with E-state index in [1.165, 1.54) is 0 Å². The third-order valence-electron chi connectivity index (χ3n) is 4.36. The molecular formula is C16H17N3O2. The lowest BCUT2D eigenvalue weighted by Crippen LogP contribution is -2.43. The van der Waals surface area contributed by atoms with Crippen LogP contribution in [-0.4, -0.2) is 34.3 Å². The average Bonchev–Trinajstić information content (AvgIpc) is 2.96. The minimum atomic E-state index is -0.298. The fourth-order valence-electron chi connectivity index (χ4n) is 3.45. The number of hydrogen-bond donors (Lipinski definition) is 0. The van der Waals surface area contributed by atoms with Gasteiger partial charge in [0.1, 0.15) is 6.29 Å². The van der Waals surface area contributed by atoms with Crippen molar-refractivity contribution in [2.24, 2.45) is 5.92 Å². The zero-order valence-electron chi connectivity index (χ0n) is 12.1. The van der Waals surface area contributed by atoms with Crippen molar-refractivity contribution >= 4 is 12.2 Å². The summed E-state index contributed by atoms with van der Waals surface area (Å²) in [6, 6.07) is 9.21. The predicted molar refractivity (Wildman–Crippen MR) is 75.7 cm³/mol. The summed E-state index contributed by atoms with van der Waals surface area (Å²) in [6.45, 7) is 4.49. The number of hydrogen-bond acceptors (Lipinski definition) is 4. The molecule has 2 aliphatic rings. The Kier molecular flexibility index (Phi) is 3.07. The molecule has 5 heteroatoms. The highest BCUT2D eigenvalue weighted by atomic mass is 16.2. The molecule has 2 saturated heterocycles. The summed E-state index contributed by atoms with van der Waals surface area (Å²) in [7, 11) is 0. The molecule has 0 bridgehead atoms. The van der Waals surface area contributed by atoms with Gasteiger partial charge in [-0.25, -0.2) is 5.01 Å². The van der Waals surface area contributed by atoms with E-state index in [-0.39, 0.29) is 23.4 Å². The molecule has 2 atom stereocenters. The van der Waals surface area contributed by atoms with Crippen LogP contribution in [0, 0.1) is 17.2 Å². The van der Waals surface area contributed by atoms with Crippen molar-refractivity contribution in [3.8, 4) is 6.07 Å². The zero-order chi connectivity index (χ0) is 15.2. The van der Waals surface area contributed by atoms with Gasteiger partial charge in [0.15, 0.2) is 0 Å². The molecule has 3 rings (SSSR count). The number of nitriles is 1. The first-order valence-electron chi connectivity index (χ1n) is 7.03. The Balaban J connectivity index is 2.03. The summed E-state index contributed by atoms with van der Waals surface area (Å²) in [5, 5.41) is 12.6. The number of rotatable bonds is 2. The fraction of sp³-hybridized carbons (Fsp3) is 0.438. The second-order valence-electron chi connectivity index (χ2n) is 6.29. The smallest absolute Gasteiger partial charge is 0.238 e. The van der Waals surface area contributed by atoms with Gasteiger partial charge >= 0.3 is 0 Å². The Morgan fingerprint density at radius 1 is 1.33 bits per heavy atom. The van der Waals surface area contributed by atoms with Crippen molar-refractivity contribution in [3.63, 3.8) is 0 Å². The summed E-state index contributed by atoms with van der Waals surface area (Å²) >= 11 is 0. The summed E-state index contributed by atoms with van der Waals surface area (Å²) in [6.07, 6.45) is 1.40. The summed E-state index contributed by atoms with van der Waals surface area (Å²) in [5.74, 6) is -0.163. The quantitative estimate of drug-likeness (QED) is 0.774. The number of hydrazine groups is 1. The number of amides is 1. The maximum absolute atomic E-state index is 12.1. The van der Waals surface area contributed by atoms with Crippen molar-refractivity contribution in [2.45, 2.75) is 31.8 Å². The van der Waals surface area contributed by atoms with Crippen LogP contribution in [0.3, 0.4) is 0 Å². The molecule has 108 valence electrons. The van der Waals surface area contributed by atoms with E-state index < -0.39 is 0 Å². The van der Waals surface area contributed by atoms with Gasteiger partial charge in [-0.15, -0.1) is 0 Å². The molecule has 0 aromatic heterocycles. The van der Waals surface area contributed by atoms with Crippen LogP contribution in [0.25, 0.3) is 0 Å². The standard InChI is InChI=1S/C16H17N3O2/c1-16(2)7-14(21)18-9-13(10-20)15(19(16)18)12-5-3-11(8-17)4-6-12/h3-6,10,13,15H,7,9H2,1-2H3/t13-,15+/m0/s1. The molecule has 1 aromatic rings. The van der Waals surface area contributed by atoms with E-state index in [1.807, 2.05) is 31.0 Å². The summed E-state index contributed by atoms with van der Waals surface area (Å²) in [4.78, 5) is 23.6. The average molecular weight is 283 g/mol. The van der Waals surface area contributed by atoms with Crippen LogP contribution >= 0.6 is 0 Å². The highest BCUT2D eigenvalue weighted by Gasteiger charge is 2.54. The number of carbonyl (C=O) groups excluding carboxylic acids is 2. The van der Waals surface area contributed by atoms with E-state index in [4.69, 9.17) is 5.26 Å². The van der Waals surface area contributed by atoms with E-state index in [0.29, 0.717) is 18.5 Å². The molecule has 2 aliphatic heterocycles. The second kappa shape index (κ2) is 4.68. The van der Waals surface area contributed by atoms with Gasteiger partial charge < -0.3 is 4.79 Å². The number of carbonyl (C=O) groups is 2. The van der Waals surface area contributed by atoms with E-state index in [0.717, 1.165) is 11.8 Å². The van der Waals surface area contributed by atoms with Crippen molar-refractivity contribution in [3.05, 3.63) is 35.4 Å². The Morgan fingerprint density at radius 2 is 2.00 bits per heavy atom. The molecule has 0 aliphatic carbocycles. The number of fused-ring (bicyclic) bond motifs is 1. The molecule has 5 nitrogen and oxygen atoms in total. The van der Waals surface area contributed by atoms with Crippen molar-refractivity contribution in [1.82, 2.24) is 10.0 Å². The van der Waals surface area contributed by atoms with E-state index in [9.17, 15) is 9.59 Å². The predicted octanol–water partition coefficient (Wildman–Crippen LogP) is 1.66. The van der Waals surface area contributed by atoms with Crippen LogP contribution in [0.5, 0.6) is 0 Å². The van der Waals surface area contributed by atoms with Crippen LogP contribution in [-0.2, 0) is 9.59 Å². The Morgan fingerprint density at radius 3 is 2.57 bits per heavy atom. The van der Waals surface area contributed by atoms with Gasteiger partial charge in [-0.1, -0.05) is 12.1 Å². The third kappa shape index (κ3) is 2.03. The van der Waals surface area contributed by atoms with Crippen LogP contribution in [0.1, 0.15) is 37.4 Å². The summed E-state index contributed by atoms with van der Waals surface area (Å²) in [5.41, 5.74) is 1.26. The van der Waals surface area contributed by atoms with Gasteiger partial charge in [-0.2, -0.15) is 5.26 Å². The summed E-state index contributed by atoms with van der Waals surface area (Å²) < 4.78 is 0. The van der Waals surface area contributed by atoms with Crippen LogP contribution in [0.2, 0.25) is 0 Å². The second-order valence-corrected chi connectivity index (χ2v) is 6.29. The molecule has 1 amide bonds. The van der Waals surface area contributed by atoms with Gasteiger partial charge in [-0.05, 0) is 31.5 Å². The zero-order valence-corrected chi connectivity index (χ0v) is 12.1. The number of aldehydes is 1. The molecule has 21 heavy (non-hydrogen) atoms. The highest BCUT2D eigenvalue weighted by molar-refractivity contribution is 5.80. The normalized spacial score (nSPS) is 27.5. The van der Waals surface area contributed by atoms with E-state index in [1.54, 1.807) is 17.1 Å². The Bertz CT molecular complexity index is 630. The molecular weight excluding hydrogens is 266 g/mol. The fourth-order valence-corrected chi connectivity index (χ4v) is 3.45. The first kappa shape index (κ1) is 13.8. The Labute approximate surface area is 123 Å². The lowest BCUT2D eigenvalue weighted by molar-refractivity contribution is -0.137. The monoisotopic (exact) mass is 283 g/mol. The maximum atomic E-state index is 12.1. The van der Waals surface area contributed by atoms with Gasteiger partial charge in [0, 0.05) is 18.5 Å². The van der Waals surface area contributed by atoms with Crippen LogP contribution in [0.4, 0.5) is 0 Å². The number of nitrogens with zero attached hydrogens (tertiary/aromatic N) is 3. The van der Waals surface area contributed by atoms with Crippen molar-refractivity contribution in [2.75, 3.05) is 6.54 Å². The van der Waals surface area contributed by atoms with Gasteiger partial charge in [0.25, 0.3) is 0 Å². The van der Waals surface area contributed by atoms with Crippen molar-refractivity contribution < 1.29 is 9.59 Å². The molecule has 0 unspecified atom stereocenters. The molecule has 0 N–H and O–H groups in total. The largest absolute Gasteiger partial charge is 0.303 e. The van der Waals surface area contributed by atoms with E-state index >= 15 is 0 Å². The van der Waals surface area contributed by atoms with Crippen LogP contribution in [0.15, 0.2) is 24.3 Å². The molecule has 1 aromatic carbocycles. The topological polar surface area (TPSA) is 64.4 Å². The van der Waals surface area contributed by atoms with Crippen molar-refractivity contribution in [1.29, 1.82) is 5.26 Å². The minimum absolute atomic E-state index is 0.0722. The SMILES string of the molecule is CC1(C)CC(=O)N2C[C@@H](C=O)[C@@H](c3ccc(C#N)cc3)N21. The van der Waals surface area contributed by atoms with Gasteiger partial charge in [-0.3, -0.25) is 9.80 Å². The third-order valence-corrected chi connectivity index (χ3v) is 4.36. The first-order valence-corrected chi connectivity index (χ1v) is 7.03. The molecule has 2 heterocycles.